The molecule has 1 amide bonds. The average Bonchev–Trinajstić information content (AvgIpc) is 2.83. The first-order chi connectivity index (χ1) is 9.57. The summed E-state index contributed by atoms with van der Waals surface area (Å²) in [5.74, 6) is 1.54. The van der Waals surface area contributed by atoms with Gasteiger partial charge in [0, 0.05) is 25.1 Å². The topological polar surface area (TPSA) is 64.4 Å². The van der Waals surface area contributed by atoms with Gasteiger partial charge in [0.15, 0.2) is 0 Å². The number of rotatable bonds is 3. The summed E-state index contributed by atoms with van der Waals surface area (Å²) in [4.78, 5) is 12.4. The summed E-state index contributed by atoms with van der Waals surface area (Å²) in [6.07, 6.45) is 7.85. The van der Waals surface area contributed by atoms with Gasteiger partial charge < -0.3 is 15.8 Å². The molecule has 1 saturated heterocycles. The largest absolute Gasteiger partial charge is 0.373 e. The SMILES string of the molecule is CC1(CNC(=O)C2CC3CCCC(C2)C3N)CCCO1.Cl. The van der Waals surface area contributed by atoms with Crippen molar-refractivity contribution in [2.75, 3.05) is 13.2 Å². The van der Waals surface area contributed by atoms with E-state index in [4.69, 9.17) is 10.5 Å². The molecule has 21 heavy (non-hydrogen) atoms. The van der Waals surface area contributed by atoms with Crippen molar-refractivity contribution in [3.63, 3.8) is 0 Å². The smallest absolute Gasteiger partial charge is 0.223 e. The third-order valence-electron chi connectivity index (χ3n) is 5.72. The molecule has 2 bridgehead atoms. The fraction of sp³-hybridized carbons (Fsp3) is 0.938. The molecule has 4 nitrogen and oxygen atoms in total. The normalized spacial score (nSPS) is 42.2. The number of hydrogen-bond donors (Lipinski definition) is 2. The molecule has 1 heterocycles. The Hall–Kier alpha value is -0.320. The molecule has 0 radical (unpaired) electrons. The van der Waals surface area contributed by atoms with Gasteiger partial charge in [0.25, 0.3) is 0 Å². The van der Waals surface area contributed by atoms with Gasteiger partial charge in [-0.3, -0.25) is 4.79 Å². The number of fused-ring (bicyclic) bond motifs is 2. The number of halogens is 1. The Labute approximate surface area is 134 Å². The summed E-state index contributed by atoms with van der Waals surface area (Å²) < 4.78 is 5.74. The monoisotopic (exact) mass is 316 g/mol. The Morgan fingerprint density at radius 3 is 2.52 bits per heavy atom. The van der Waals surface area contributed by atoms with E-state index in [-0.39, 0.29) is 29.8 Å². The van der Waals surface area contributed by atoms with Crippen molar-refractivity contribution in [3.05, 3.63) is 0 Å². The molecule has 3 unspecified atom stereocenters. The van der Waals surface area contributed by atoms with E-state index in [2.05, 4.69) is 12.2 Å². The van der Waals surface area contributed by atoms with Crippen molar-refractivity contribution < 1.29 is 9.53 Å². The number of nitrogens with two attached hydrogens (primary N) is 1. The van der Waals surface area contributed by atoms with Crippen LogP contribution in [0.3, 0.4) is 0 Å². The van der Waals surface area contributed by atoms with Crippen molar-refractivity contribution >= 4 is 18.3 Å². The van der Waals surface area contributed by atoms with Crippen LogP contribution in [0, 0.1) is 17.8 Å². The lowest BCUT2D eigenvalue weighted by atomic mass is 9.65. The molecular weight excluding hydrogens is 288 g/mol. The fourth-order valence-electron chi connectivity index (χ4n) is 4.40. The van der Waals surface area contributed by atoms with Crippen LogP contribution in [0.15, 0.2) is 0 Å². The molecule has 0 aromatic carbocycles. The van der Waals surface area contributed by atoms with Crippen LogP contribution in [-0.4, -0.2) is 30.7 Å². The predicted molar refractivity (Wildman–Crippen MR) is 85.4 cm³/mol. The molecule has 0 aromatic heterocycles. The zero-order valence-electron chi connectivity index (χ0n) is 13.0. The summed E-state index contributed by atoms with van der Waals surface area (Å²) in [6.45, 7) is 3.59. The molecule has 5 heteroatoms. The highest BCUT2D eigenvalue weighted by Gasteiger charge is 2.41. The number of carbonyl (C=O) groups excluding carboxylic acids is 1. The summed E-state index contributed by atoms with van der Waals surface area (Å²) >= 11 is 0. The van der Waals surface area contributed by atoms with Crippen molar-refractivity contribution in [1.82, 2.24) is 5.32 Å². The van der Waals surface area contributed by atoms with Gasteiger partial charge in [0.2, 0.25) is 5.91 Å². The molecule has 0 spiro atoms. The van der Waals surface area contributed by atoms with E-state index < -0.39 is 0 Å². The first-order valence-corrected chi connectivity index (χ1v) is 8.25. The third-order valence-corrected chi connectivity index (χ3v) is 5.72. The minimum atomic E-state index is -0.142. The van der Waals surface area contributed by atoms with Gasteiger partial charge in [0.1, 0.15) is 0 Å². The molecular formula is C16H29ClN2O2. The third kappa shape index (κ3) is 3.72. The molecule has 2 aliphatic carbocycles. The van der Waals surface area contributed by atoms with Crippen molar-refractivity contribution in [2.24, 2.45) is 23.5 Å². The van der Waals surface area contributed by atoms with Gasteiger partial charge in [0.05, 0.1) is 5.60 Å². The lowest BCUT2D eigenvalue weighted by Crippen LogP contribution is -2.50. The first kappa shape index (κ1) is 17.0. The molecule has 0 aromatic rings. The quantitative estimate of drug-likeness (QED) is 0.839. The van der Waals surface area contributed by atoms with E-state index >= 15 is 0 Å². The number of carbonyl (C=O) groups is 1. The fourth-order valence-corrected chi connectivity index (χ4v) is 4.40. The summed E-state index contributed by atoms with van der Waals surface area (Å²) in [5.41, 5.74) is 6.15. The van der Waals surface area contributed by atoms with Gasteiger partial charge in [-0.1, -0.05) is 6.42 Å². The van der Waals surface area contributed by atoms with Crippen LogP contribution in [-0.2, 0) is 9.53 Å². The van der Waals surface area contributed by atoms with E-state index in [1.807, 2.05) is 0 Å². The summed E-state index contributed by atoms with van der Waals surface area (Å²) in [7, 11) is 0. The lowest BCUT2D eigenvalue weighted by Gasteiger charge is -2.43. The Kier molecular flexibility index (Phi) is 5.55. The molecule has 3 rings (SSSR count). The van der Waals surface area contributed by atoms with Crippen molar-refractivity contribution in [2.45, 2.75) is 63.5 Å². The van der Waals surface area contributed by atoms with Crippen LogP contribution in [0.5, 0.6) is 0 Å². The average molecular weight is 317 g/mol. The van der Waals surface area contributed by atoms with E-state index in [1.165, 1.54) is 19.3 Å². The summed E-state index contributed by atoms with van der Waals surface area (Å²) in [5, 5.41) is 3.13. The van der Waals surface area contributed by atoms with E-state index in [1.54, 1.807) is 0 Å². The van der Waals surface area contributed by atoms with E-state index in [0.717, 1.165) is 32.3 Å². The number of amides is 1. The predicted octanol–water partition coefficient (Wildman–Crippen LogP) is 2.25. The maximum absolute atomic E-state index is 12.4. The zero-order valence-corrected chi connectivity index (χ0v) is 13.8. The van der Waals surface area contributed by atoms with Gasteiger partial charge >= 0.3 is 0 Å². The number of ether oxygens (including phenoxy) is 1. The van der Waals surface area contributed by atoms with Crippen LogP contribution in [0.2, 0.25) is 0 Å². The van der Waals surface area contributed by atoms with Crippen LogP contribution >= 0.6 is 12.4 Å². The number of hydrogen-bond acceptors (Lipinski definition) is 3. The standard InChI is InChI=1S/C16H28N2O2.ClH/c1-16(6-3-7-20-16)10-18-15(19)13-8-11-4-2-5-12(9-13)14(11)17;/h11-14H,2-10,17H2,1H3,(H,18,19);1H. The minimum absolute atomic E-state index is 0. The molecule has 2 saturated carbocycles. The molecule has 1 aliphatic heterocycles. The van der Waals surface area contributed by atoms with Gasteiger partial charge in [-0.15, -0.1) is 12.4 Å². The lowest BCUT2D eigenvalue weighted by molar-refractivity contribution is -0.129. The van der Waals surface area contributed by atoms with Crippen molar-refractivity contribution in [1.29, 1.82) is 0 Å². The number of nitrogens with one attached hydrogen (secondary N) is 1. The second-order valence-corrected chi connectivity index (χ2v) is 7.32. The Morgan fingerprint density at radius 1 is 1.29 bits per heavy atom. The van der Waals surface area contributed by atoms with Crippen LogP contribution in [0.25, 0.3) is 0 Å². The zero-order chi connectivity index (χ0) is 14.2. The second kappa shape index (κ2) is 6.84. The maximum atomic E-state index is 12.4. The molecule has 3 aliphatic rings. The van der Waals surface area contributed by atoms with Crippen LogP contribution in [0.4, 0.5) is 0 Å². The van der Waals surface area contributed by atoms with Crippen LogP contribution in [0.1, 0.15) is 51.9 Å². The Bertz CT molecular complexity index is 357. The Balaban J connectivity index is 0.00000161. The summed E-state index contributed by atoms with van der Waals surface area (Å²) in [6, 6.07) is 0.337. The van der Waals surface area contributed by atoms with Gasteiger partial charge in [-0.25, -0.2) is 0 Å². The highest BCUT2D eigenvalue weighted by atomic mass is 35.5. The van der Waals surface area contributed by atoms with Crippen molar-refractivity contribution in [3.8, 4) is 0 Å². The van der Waals surface area contributed by atoms with E-state index in [9.17, 15) is 4.79 Å². The second-order valence-electron chi connectivity index (χ2n) is 7.32. The first-order valence-electron chi connectivity index (χ1n) is 8.25. The minimum Gasteiger partial charge on any atom is -0.373 e. The molecule has 3 N–H and O–H groups in total. The highest BCUT2D eigenvalue weighted by molar-refractivity contribution is 5.85. The van der Waals surface area contributed by atoms with Gasteiger partial charge in [-0.2, -0.15) is 0 Å². The molecule has 3 fully saturated rings. The van der Waals surface area contributed by atoms with Gasteiger partial charge in [-0.05, 0) is 57.3 Å². The highest BCUT2D eigenvalue weighted by Crippen LogP contribution is 2.41. The maximum Gasteiger partial charge on any atom is 0.223 e. The molecule has 122 valence electrons. The van der Waals surface area contributed by atoms with Crippen LogP contribution < -0.4 is 11.1 Å². The van der Waals surface area contributed by atoms with E-state index in [0.29, 0.717) is 24.4 Å². The Morgan fingerprint density at radius 2 is 1.95 bits per heavy atom. The molecule has 3 atom stereocenters.